The molecule has 1 aromatic carbocycles. The monoisotopic (exact) mass is 526 g/mol. The lowest BCUT2D eigenvalue weighted by Gasteiger charge is -2.60. The van der Waals surface area contributed by atoms with E-state index < -0.39 is 30.6 Å². The van der Waals surface area contributed by atoms with E-state index in [0.29, 0.717) is 17.4 Å². The summed E-state index contributed by atoms with van der Waals surface area (Å²) in [6.07, 6.45) is 0.0689. The molecule has 2 unspecified atom stereocenters. The predicted octanol–water partition coefficient (Wildman–Crippen LogP) is 2.48. The van der Waals surface area contributed by atoms with Crippen molar-refractivity contribution in [1.82, 2.24) is 19.7 Å². The van der Waals surface area contributed by atoms with Crippen molar-refractivity contribution in [2.24, 2.45) is 16.9 Å². The standard InChI is InChI=1S/C26H28F2N6O4/c27-22(28)19-12-33(13-20(38-19)34-18-6-2-1-4-16(18)21(32-34)24(30)36)14-8-26(9-14)10-15(11-26)37-25-17(23(29)35)5-3-7-31-25/h1-7,14-15,19-20,22H,8-13H2,(H2,29,35)(H2,30,36). The molecular formula is C26H28F2N6O4. The Labute approximate surface area is 216 Å². The zero-order valence-electron chi connectivity index (χ0n) is 20.5. The number of morpholine rings is 1. The molecular weight excluding hydrogens is 498 g/mol. The molecule has 38 heavy (non-hydrogen) atoms. The number of fused-ring (bicyclic) bond motifs is 1. The lowest BCUT2D eigenvalue weighted by atomic mass is 9.52. The van der Waals surface area contributed by atoms with Crippen LogP contribution in [-0.2, 0) is 4.74 Å². The number of pyridine rings is 1. The second-order valence-electron chi connectivity index (χ2n) is 10.5. The number of benzene rings is 1. The third-order valence-electron chi connectivity index (χ3n) is 8.03. The number of para-hydroxylation sites is 1. The Kier molecular flexibility index (Phi) is 6.03. The number of nitrogens with two attached hydrogens (primary N) is 2. The van der Waals surface area contributed by atoms with Crippen LogP contribution in [0.3, 0.4) is 0 Å². The van der Waals surface area contributed by atoms with Gasteiger partial charge in [0.2, 0.25) is 5.88 Å². The van der Waals surface area contributed by atoms with E-state index in [0.717, 1.165) is 25.7 Å². The van der Waals surface area contributed by atoms with Gasteiger partial charge in [0.15, 0.2) is 11.9 Å². The molecule has 4 N–H and O–H groups in total. The van der Waals surface area contributed by atoms with Crippen LogP contribution in [0.5, 0.6) is 5.88 Å². The van der Waals surface area contributed by atoms with E-state index in [-0.39, 0.29) is 41.2 Å². The van der Waals surface area contributed by atoms with Gasteiger partial charge in [0.1, 0.15) is 17.8 Å². The molecule has 3 aromatic rings. The van der Waals surface area contributed by atoms with Crippen LogP contribution < -0.4 is 16.2 Å². The first-order valence-corrected chi connectivity index (χ1v) is 12.6. The number of nitrogens with zero attached hydrogens (tertiary/aromatic N) is 4. The van der Waals surface area contributed by atoms with E-state index in [1.165, 1.54) is 4.68 Å². The van der Waals surface area contributed by atoms with Crippen LogP contribution >= 0.6 is 0 Å². The van der Waals surface area contributed by atoms with Gasteiger partial charge in [0.05, 0.1) is 5.52 Å². The maximum absolute atomic E-state index is 13.9. The van der Waals surface area contributed by atoms with Gasteiger partial charge in [-0.1, -0.05) is 18.2 Å². The van der Waals surface area contributed by atoms with Crippen LogP contribution in [-0.4, -0.2) is 69.2 Å². The number of carbonyl (C=O) groups is 2. The highest BCUT2D eigenvalue weighted by molar-refractivity contribution is 6.04. The summed E-state index contributed by atoms with van der Waals surface area (Å²) in [6.45, 7) is 0.482. The highest BCUT2D eigenvalue weighted by atomic mass is 19.3. The molecule has 2 amide bonds. The topological polar surface area (TPSA) is 139 Å². The smallest absolute Gasteiger partial charge is 0.269 e. The lowest BCUT2D eigenvalue weighted by Crippen LogP contribution is -2.62. The third kappa shape index (κ3) is 4.27. The minimum Gasteiger partial charge on any atom is -0.474 e. The van der Waals surface area contributed by atoms with Crippen molar-refractivity contribution in [3.05, 3.63) is 53.9 Å². The van der Waals surface area contributed by atoms with Crippen LogP contribution in [0.25, 0.3) is 10.9 Å². The summed E-state index contributed by atoms with van der Waals surface area (Å²) in [6, 6.07) is 10.4. The Morgan fingerprint density at radius 2 is 1.82 bits per heavy atom. The number of halogens is 2. The number of hydrogen-bond acceptors (Lipinski definition) is 7. The zero-order chi connectivity index (χ0) is 26.6. The second-order valence-corrected chi connectivity index (χ2v) is 10.5. The molecule has 6 rings (SSSR count). The molecule has 12 heteroatoms. The van der Waals surface area contributed by atoms with E-state index in [2.05, 4.69) is 15.0 Å². The number of aromatic nitrogens is 3. The maximum Gasteiger partial charge on any atom is 0.269 e. The lowest BCUT2D eigenvalue weighted by molar-refractivity contribution is -0.198. The zero-order valence-corrected chi connectivity index (χ0v) is 20.5. The summed E-state index contributed by atoms with van der Waals surface area (Å²) in [7, 11) is 0. The Hall–Kier alpha value is -3.64. The number of primary amides is 2. The number of ether oxygens (including phenoxy) is 2. The Morgan fingerprint density at radius 3 is 2.53 bits per heavy atom. The van der Waals surface area contributed by atoms with Crippen LogP contribution in [0.15, 0.2) is 42.6 Å². The van der Waals surface area contributed by atoms with Crippen molar-refractivity contribution in [3.63, 3.8) is 0 Å². The average Bonchev–Trinajstić information content (AvgIpc) is 3.24. The summed E-state index contributed by atoms with van der Waals surface area (Å²) in [5, 5.41) is 4.92. The van der Waals surface area contributed by atoms with Gasteiger partial charge in [-0.25, -0.2) is 18.4 Å². The van der Waals surface area contributed by atoms with Crippen LogP contribution in [0.2, 0.25) is 0 Å². The van der Waals surface area contributed by atoms with Crippen molar-refractivity contribution in [1.29, 1.82) is 0 Å². The summed E-state index contributed by atoms with van der Waals surface area (Å²) >= 11 is 0. The van der Waals surface area contributed by atoms with Crippen LogP contribution in [0.1, 0.15) is 52.8 Å². The molecule has 0 bridgehead atoms. The van der Waals surface area contributed by atoms with Crippen molar-refractivity contribution >= 4 is 22.7 Å². The fourth-order valence-electron chi connectivity index (χ4n) is 6.21. The Morgan fingerprint density at radius 1 is 1.05 bits per heavy atom. The van der Waals surface area contributed by atoms with Gasteiger partial charge in [-0.05, 0) is 49.3 Å². The normalized spacial score (nSPS) is 29.2. The molecule has 200 valence electrons. The molecule has 2 aromatic heterocycles. The quantitative estimate of drug-likeness (QED) is 0.482. The largest absolute Gasteiger partial charge is 0.474 e. The Bertz CT molecular complexity index is 1380. The number of amides is 2. The van der Waals surface area contributed by atoms with Crippen molar-refractivity contribution in [2.45, 2.75) is 56.6 Å². The molecule has 2 atom stereocenters. The molecule has 2 saturated carbocycles. The summed E-state index contributed by atoms with van der Waals surface area (Å²) in [4.78, 5) is 29.8. The number of rotatable bonds is 7. The van der Waals surface area contributed by atoms with Gasteiger partial charge < -0.3 is 20.9 Å². The molecule has 1 saturated heterocycles. The van der Waals surface area contributed by atoms with Crippen molar-refractivity contribution < 1.29 is 27.8 Å². The first kappa shape index (κ1) is 24.7. The summed E-state index contributed by atoms with van der Waals surface area (Å²) in [5.74, 6) is -1.03. The predicted molar refractivity (Wildman–Crippen MR) is 132 cm³/mol. The van der Waals surface area contributed by atoms with Gasteiger partial charge in [0, 0.05) is 30.7 Å². The molecule has 0 radical (unpaired) electrons. The second kappa shape index (κ2) is 9.28. The van der Waals surface area contributed by atoms with Gasteiger partial charge in [-0.2, -0.15) is 5.10 Å². The first-order chi connectivity index (χ1) is 18.2. The molecule has 10 nitrogen and oxygen atoms in total. The van der Waals surface area contributed by atoms with Gasteiger partial charge in [-0.15, -0.1) is 0 Å². The highest BCUT2D eigenvalue weighted by Crippen LogP contribution is 2.58. The van der Waals surface area contributed by atoms with Crippen molar-refractivity contribution in [2.75, 3.05) is 13.1 Å². The molecule has 1 aliphatic heterocycles. The fraction of sp³-hybridized carbons (Fsp3) is 0.462. The average molecular weight is 527 g/mol. The van der Waals surface area contributed by atoms with Crippen LogP contribution in [0.4, 0.5) is 8.78 Å². The highest BCUT2D eigenvalue weighted by Gasteiger charge is 2.56. The van der Waals surface area contributed by atoms with E-state index in [1.54, 1.807) is 42.6 Å². The molecule has 3 fully saturated rings. The van der Waals surface area contributed by atoms with Gasteiger partial charge >= 0.3 is 0 Å². The first-order valence-electron chi connectivity index (χ1n) is 12.6. The van der Waals surface area contributed by atoms with E-state index in [9.17, 15) is 18.4 Å². The van der Waals surface area contributed by atoms with Gasteiger partial charge in [0.25, 0.3) is 18.2 Å². The van der Waals surface area contributed by atoms with E-state index in [1.807, 2.05) is 0 Å². The molecule has 1 spiro atoms. The minimum atomic E-state index is -2.66. The Balaban J connectivity index is 1.14. The number of alkyl halides is 2. The van der Waals surface area contributed by atoms with Gasteiger partial charge in [-0.3, -0.25) is 14.5 Å². The molecule has 3 aliphatic rings. The molecule has 3 heterocycles. The van der Waals surface area contributed by atoms with E-state index >= 15 is 0 Å². The summed E-state index contributed by atoms with van der Waals surface area (Å²) < 4.78 is 41.0. The summed E-state index contributed by atoms with van der Waals surface area (Å²) in [5.41, 5.74) is 12.0. The number of hydrogen-bond donors (Lipinski definition) is 2. The van der Waals surface area contributed by atoms with Crippen molar-refractivity contribution in [3.8, 4) is 5.88 Å². The minimum absolute atomic E-state index is 0.0714. The maximum atomic E-state index is 13.9. The van der Waals surface area contributed by atoms with Crippen LogP contribution in [0, 0.1) is 5.41 Å². The SMILES string of the molecule is NC(=O)c1cccnc1OC1CC2(C1)CC(N1CC(C(F)F)OC(n3nc(C(N)=O)c4ccccc43)C1)C2. The number of carbonyl (C=O) groups excluding carboxylic acids is 2. The molecule has 2 aliphatic carbocycles. The van der Waals surface area contributed by atoms with E-state index in [4.69, 9.17) is 20.9 Å². The fourth-order valence-corrected chi connectivity index (χ4v) is 6.21. The third-order valence-corrected chi connectivity index (χ3v) is 8.03.